The van der Waals surface area contributed by atoms with Crippen LogP contribution >= 0.6 is 11.6 Å². The number of rotatable bonds is 10. The molecule has 2 aromatic carbocycles. The van der Waals surface area contributed by atoms with Crippen LogP contribution in [0.2, 0.25) is 5.02 Å². The second kappa shape index (κ2) is 11.6. The first-order valence-electron chi connectivity index (χ1n) is 10.3. The zero-order valence-corrected chi connectivity index (χ0v) is 19.0. The number of ether oxygens (including phenoxy) is 1. The van der Waals surface area contributed by atoms with E-state index < -0.39 is 6.04 Å². The number of benzene rings is 2. The zero-order valence-electron chi connectivity index (χ0n) is 18.2. The van der Waals surface area contributed by atoms with Crippen molar-refractivity contribution < 1.29 is 14.3 Å². The van der Waals surface area contributed by atoms with Crippen LogP contribution in [0.1, 0.15) is 43.4 Å². The third-order valence-electron chi connectivity index (χ3n) is 4.94. The summed E-state index contributed by atoms with van der Waals surface area (Å²) in [5, 5.41) is 3.53. The second-order valence-corrected chi connectivity index (χ2v) is 7.96. The summed E-state index contributed by atoms with van der Waals surface area (Å²) in [6, 6.07) is 12.5. The smallest absolute Gasteiger partial charge is 0.261 e. The SMILES string of the molecule is CCCCNC(=O)[C@H](C)N(Cc1ccc(Cl)cc1)C(=O)COc1ccc(C)cc1C. The highest BCUT2D eigenvalue weighted by Crippen LogP contribution is 2.19. The average molecular weight is 431 g/mol. The van der Waals surface area contributed by atoms with Gasteiger partial charge < -0.3 is 15.0 Å². The molecule has 1 atom stereocenters. The highest BCUT2D eigenvalue weighted by atomic mass is 35.5. The maximum absolute atomic E-state index is 13.0. The summed E-state index contributed by atoms with van der Waals surface area (Å²) >= 11 is 5.97. The molecule has 2 amide bonds. The number of hydrogen-bond acceptors (Lipinski definition) is 3. The van der Waals surface area contributed by atoms with Crippen LogP contribution in [0.5, 0.6) is 5.75 Å². The van der Waals surface area contributed by atoms with Crippen molar-refractivity contribution in [3.05, 3.63) is 64.2 Å². The zero-order chi connectivity index (χ0) is 22.1. The molecular formula is C24H31ClN2O3. The summed E-state index contributed by atoms with van der Waals surface area (Å²) in [6.45, 7) is 8.53. The largest absolute Gasteiger partial charge is 0.483 e. The fraction of sp³-hybridized carbons (Fsp3) is 0.417. The quantitative estimate of drug-likeness (QED) is 0.557. The van der Waals surface area contributed by atoms with Crippen molar-refractivity contribution in [1.82, 2.24) is 10.2 Å². The van der Waals surface area contributed by atoms with Crippen LogP contribution in [-0.4, -0.2) is 35.9 Å². The van der Waals surface area contributed by atoms with E-state index in [-0.39, 0.29) is 18.4 Å². The van der Waals surface area contributed by atoms with Crippen molar-refractivity contribution in [1.29, 1.82) is 0 Å². The van der Waals surface area contributed by atoms with Gasteiger partial charge in [0.1, 0.15) is 11.8 Å². The predicted octanol–water partition coefficient (Wildman–Crippen LogP) is 4.67. The molecule has 0 bridgehead atoms. The summed E-state index contributed by atoms with van der Waals surface area (Å²) in [5.41, 5.74) is 3.00. The Balaban J connectivity index is 2.12. The van der Waals surface area contributed by atoms with E-state index in [1.807, 2.05) is 44.2 Å². The van der Waals surface area contributed by atoms with Crippen LogP contribution in [0.3, 0.4) is 0 Å². The maximum Gasteiger partial charge on any atom is 0.261 e. The van der Waals surface area contributed by atoms with E-state index in [1.165, 1.54) is 0 Å². The monoisotopic (exact) mass is 430 g/mol. The molecule has 6 heteroatoms. The molecule has 2 rings (SSSR count). The van der Waals surface area contributed by atoms with E-state index >= 15 is 0 Å². The fourth-order valence-corrected chi connectivity index (χ4v) is 3.21. The van der Waals surface area contributed by atoms with Crippen LogP contribution in [-0.2, 0) is 16.1 Å². The Morgan fingerprint density at radius 1 is 1.13 bits per heavy atom. The van der Waals surface area contributed by atoms with Gasteiger partial charge in [0.05, 0.1) is 0 Å². The molecule has 0 fully saturated rings. The molecule has 2 aromatic rings. The predicted molar refractivity (Wildman–Crippen MR) is 121 cm³/mol. The summed E-state index contributed by atoms with van der Waals surface area (Å²) < 4.78 is 5.78. The maximum atomic E-state index is 13.0. The minimum absolute atomic E-state index is 0.135. The van der Waals surface area contributed by atoms with Crippen molar-refractivity contribution in [2.75, 3.05) is 13.2 Å². The molecule has 0 aliphatic heterocycles. The van der Waals surface area contributed by atoms with Gasteiger partial charge in [-0.1, -0.05) is 54.8 Å². The Morgan fingerprint density at radius 2 is 1.83 bits per heavy atom. The van der Waals surface area contributed by atoms with Crippen molar-refractivity contribution in [3.63, 3.8) is 0 Å². The highest BCUT2D eigenvalue weighted by Gasteiger charge is 2.26. The van der Waals surface area contributed by atoms with Crippen LogP contribution in [0.15, 0.2) is 42.5 Å². The molecule has 0 aromatic heterocycles. The molecule has 0 saturated carbocycles. The van der Waals surface area contributed by atoms with E-state index in [9.17, 15) is 9.59 Å². The molecule has 0 unspecified atom stereocenters. The first kappa shape index (κ1) is 23.7. The van der Waals surface area contributed by atoms with Gasteiger partial charge in [0.2, 0.25) is 5.91 Å². The van der Waals surface area contributed by atoms with Crippen molar-refractivity contribution in [2.45, 2.75) is 53.1 Å². The summed E-state index contributed by atoms with van der Waals surface area (Å²) in [7, 11) is 0. The number of nitrogens with zero attached hydrogens (tertiary/aromatic N) is 1. The molecule has 1 N–H and O–H groups in total. The van der Waals surface area contributed by atoms with Gasteiger partial charge in [-0.3, -0.25) is 9.59 Å². The summed E-state index contributed by atoms with van der Waals surface area (Å²) in [6.07, 6.45) is 1.89. The van der Waals surface area contributed by atoms with Crippen LogP contribution in [0, 0.1) is 13.8 Å². The van der Waals surface area contributed by atoms with Gasteiger partial charge >= 0.3 is 0 Å². The molecule has 30 heavy (non-hydrogen) atoms. The Labute approximate surface area is 184 Å². The molecule has 5 nitrogen and oxygen atoms in total. The number of carbonyl (C=O) groups is 2. The molecule has 162 valence electrons. The number of aryl methyl sites for hydroxylation is 2. The molecule has 0 heterocycles. The van der Waals surface area contributed by atoms with Gasteiger partial charge in [0.25, 0.3) is 5.91 Å². The first-order valence-corrected chi connectivity index (χ1v) is 10.7. The Morgan fingerprint density at radius 3 is 2.47 bits per heavy atom. The summed E-state index contributed by atoms with van der Waals surface area (Å²) in [4.78, 5) is 27.2. The molecule has 0 radical (unpaired) electrons. The molecule has 0 spiro atoms. The molecular weight excluding hydrogens is 400 g/mol. The van der Waals surface area contributed by atoms with Gasteiger partial charge in [-0.2, -0.15) is 0 Å². The van der Waals surface area contributed by atoms with Crippen LogP contribution in [0.4, 0.5) is 0 Å². The van der Waals surface area contributed by atoms with E-state index in [4.69, 9.17) is 16.3 Å². The van der Waals surface area contributed by atoms with E-state index in [1.54, 1.807) is 24.0 Å². The van der Waals surface area contributed by atoms with Gasteiger partial charge in [-0.25, -0.2) is 0 Å². The van der Waals surface area contributed by atoms with Crippen LogP contribution < -0.4 is 10.1 Å². The molecule has 0 aliphatic carbocycles. The Kier molecular flexibility index (Phi) is 9.18. The molecule has 0 saturated heterocycles. The summed E-state index contributed by atoms with van der Waals surface area (Å²) in [5.74, 6) is 0.251. The Bertz CT molecular complexity index is 852. The van der Waals surface area contributed by atoms with E-state index in [0.29, 0.717) is 23.9 Å². The van der Waals surface area contributed by atoms with Gasteiger partial charge in [0, 0.05) is 18.1 Å². The lowest BCUT2D eigenvalue weighted by Crippen LogP contribution is -2.49. The number of amides is 2. The third kappa shape index (κ3) is 7.06. The molecule has 0 aliphatic rings. The van der Waals surface area contributed by atoms with Gasteiger partial charge in [-0.15, -0.1) is 0 Å². The van der Waals surface area contributed by atoms with Crippen molar-refractivity contribution >= 4 is 23.4 Å². The lowest BCUT2D eigenvalue weighted by molar-refractivity contribution is -0.142. The topological polar surface area (TPSA) is 58.6 Å². The van der Waals surface area contributed by atoms with E-state index in [0.717, 1.165) is 29.5 Å². The van der Waals surface area contributed by atoms with Gasteiger partial charge in [-0.05, 0) is 56.5 Å². The average Bonchev–Trinajstić information content (AvgIpc) is 2.72. The normalized spacial score (nSPS) is 11.6. The van der Waals surface area contributed by atoms with Crippen molar-refractivity contribution in [2.24, 2.45) is 0 Å². The lowest BCUT2D eigenvalue weighted by Gasteiger charge is -2.29. The third-order valence-corrected chi connectivity index (χ3v) is 5.20. The minimum Gasteiger partial charge on any atom is -0.483 e. The number of nitrogens with one attached hydrogen (secondary N) is 1. The Hall–Kier alpha value is -2.53. The standard InChI is InChI=1S/C24H31ClN2O3/c1-5-6-13-26-24(29)19(4)27(15-20-8-10-21(25)11-9-20)23(28)16-30-22-12-7-17(2)14-18(22)3/h7-12,14,19H,5-6,13,15-16H2,1-4H3,(H,26,29)/t19-/m0/s1. The fourth-order valence-electron chi connectivity index (χ4n) is 3.09. The van der Waals surface area contributed by atoms with E-state index in [2.05, 4.69) is 12.2 Å². The number of halogens is 1. The number of hydrogen-bond donors (Lipinski definition) is 1. The number of carbonyl (C=O) groups excluding carboxylic acids is 2. The number of unbranched alkanes of at least 4 members (excludes halogenated alkanes) is 1. The van der Waals surface area contributed by atoms with Gasteiger partial charge in [0.15, 0.2) is 6.61 Å². The van der Waals surface area contributed by atoms with Crippen LogP contribution in [0.25, 0.3) is 0 Å². The minimum atomic E-state index is -0.618. The highest BCUT2D eigenvalue weighted by molar-refractivity contribution is 6.30. The second-order valence-electron chi connectivity index (χ2n) is 7.53. The lowest BCUT2D eigenvalue weighted by atomic mass is 10.1. The van der Waals surface area contributed by atoms with Crippen molar-refractivity contribution in [3.8, 4) is 5.75 Å². The first-order chi connectivity index (χ1) is 14.3.